The fraction of sp³-hybridized carbons (Fsp3) is 0.895. The van der Waals surface area contributed by atoms with E-state index in [9.17, 15) is 0 Å². The Hall–Kier alpha value is -0.340. The molecule has 0 aliphatic rings. The molecule has 0 N–H and O–H groups in total. The molecule has 0 heterocycles. The average molecular weight is 297 g/mol. The Balaban J connectivity index is 4.30. The van der Waals surface area contributed by atoms with E-state index in [-0.39, 0.29) is 0 Å². The van der Waals surface area contributed by atoms with Crippen molar-refractivity contribution in [1.29, 1.82) is 0 Å². The molecule has 0 bridgehead atoms. The van der Waals surface area contributed by atoms with Gasteiger partial charge in [-0.1, -0.05) is 39.8 Å². The summed E-state index contributed by atoms with van der Waals surface area (Å²) >= 11 is 0. The molecule has 0 amide bonds. The normalized spacial score (nSPS) is 13.4. The van der Waals surface area contributed by atoms with Crippen LogP contribution in [0.1, 0.15) is 67.2 Å². The lowest BCUT2D eigenvalue weighted by Gasteiger charge is -2.32. The largest absolute Gasteiger partial charge is 0.303 e. The lowest BCUT2D eigenvalue weighted by molar-refractivity contribution is 0.159. The van der Waals surface area contributed by atoms with Crippen LogP contribution in [-0.4, -0.2) is 48.6 Å². The van der Waals surface area contributed by atoms with Crippen LogP contribution in [0.3, 0.4) is 0 Å². The van der Waals surface area contributed by atoms with Crippen molar-refractivity contribution in [1.82, 2.24) is 9.80 Å². The summed E-state index contributed by atoms with van der Waals surface area (Å²) in [6.45, 7) is 24.0. The third-order valence-electron chi connectivity index (χ3n) is 4.18. The third kappa shape index (κ3) is 10.1. The van der Waals surface area contributed by atoms with Crippen LogP contribution in [-0.2, 0) is 0 Å². The highest BCUT2D eigenvalue weighted by Gasteiger charge is 2.15. The molecule has 2 heteroatoms. The standard InChI is InChI=1S/C19H40N2/c1-8-12-20(14-11-18(6)10-3)15-19(7)16-21(13-9-2)17(4)5/h17,19H,6,8-16H2,1-5,7H3. The van der Waals surface area contributed by atoms with E-state index in [1.165, 1.54) is 51.1 Å². The number of hydrogen-bond acceptors (Lipinski definition) is 2. The van der Waals surface area contributed by atoms with E-state index in [2.05, 4.69) is 57.9 Å². The molecule has 1 unspecified atom stereocenters. The molecule has 0 aliphatic carbocycles. The molecule has 0 aromatic heterocycles. The van der Waals surface area contributed by atoms with Crippen LogP contribution in [0, 0.1) is 5.92 Å². The van der Waals surface area contributed by atoms with E-state index >= 15 is 0 Å². The fourth-order valence-corrected chi connectivity index (χ4v) is 2.85. The van der Waals surface area contributed by atoms with Crippen LogP contribution in [0.25, 0.3) is 0 Å². The third-order valence-corrected chi connectivity index (χ3v) is 4.18. The zero-order chi connectivity index (χ0) is 16.3. The van der Waals surface area contributed by atoms with Gasteiger partial charge in [0, 0.05) is 25.7 Å². The van der Waals surface area contributed by atoms with Crippen LogP contribution in [0.2, 0.25) is 0 Å². The first kappa shape index (κ1) is 20.7. The molecule has 21 heavy (non-hydrogen) atoms. The fourth-order valence-electron chi connectivity index (χ4n) is 2.85. The van der Waals surface area contributed by atoms with Gasteiger partial charge in [-0.25, -0.2) is 0 Å². The van der Waals surface area contributed by atoms with Gasteiger partial charge < -0.3 is 9.80 Å². The summed E-state index contributed by atoms with van der Waals surface area (Å²) in [5, 5.41) is 0. The summed E-state index contributed by atoms with van der Waals surface area (Å²) in [7, 11) is 0. The van der Waals surface area contributed by atoms with Gasteiger partial charge in [0.1, 0.15) is 0 Å². The second kappa shape index (κ2) is 12.2. The summed E-state index contributed by atoms with van der Waals surface area (Å²) in [5.74, 6) is 0.736. The van der Waals surface area contributed by atoms with Crippen molar-refractivity contribution < 1.29 is 0 Å². The topological polar surface area (TPSA) is 6.48 Å². The van der Waals surface area contributed by atoms with E-state index < -0.39 is 0 Å². The van der Waals surface area contributed by atoms with Crippen molar-refractivity contribution in [3.63, 3.8) is 0 Å². The molecule has 0 fully saturated rings. The predicted molar refractivity (Wildman–Crippen MR) is 96.9 cm³/mol. The minimum absolute atomic E-state index is 0.659. The zero-order valence-electron chi connectivity index (χ0n) is 15.6. The van der Waals surface area contributed by atoms with Crippen molar-refractivity contribution in [3.05, 3.63) is 12.2 Å². The van der Waals surface area contributed by atoms with Crippen molar-refractivity contribution in [2.45, 2.75) is 73.3 Å². The SMILES string of the molecule is C=C(CC)CCN(CCC)CC(C)CN(CCC)C(C)C. The first-order chi connectivity index (χ1) is 9.94. The second-order valence-corrected chi connectivity index (χ2v) is 6.85. The van der Waals surface area contributed by atoms with E-state index in [1.54, 1.807) is 0 Å². The molecule has 126 valence electrons. The summed E-state index contributed by atoms with van der Waals surface area (Å²) in [5.41, 5.74) is 1.39. The molecule has 0 radical (unpaired) electrons. The Morgan fingerprint density at radius 1 is 0.905 bits per heavy atom. The van der Waals surface area contributed by atoms with Gasteiger partial charge in [-0.15, -0.1) is 0 Å². The summed E-state index contributed by atoms with van der Waals surface area (Å²) in [4.78, 5) is 5.26. The van der Waals surface area contributed by atoms with E-state index in [0.29, 0.717) is 6.04 Å². The Morgan fingerprint density at radius 3 is 2.00 bits per heavy atom. The molecule has 0 spiro atoms. The quantitative estimate of drug-likeness (QED) is 0.450. The Kier molecular flexibility index (Phi) is 12.0. The molecule has 0 aliphatic heterocycles. The van der Waals surface area contributed by atoms with Crippen molar-refractivity contribution >= 4 is 0 Å². The Bertz CT molecular complexity index is 260. The van der Waals surface area contributed by atoms with Gasteiger partial charge in [-0.2, -0.15) is 0 Å². The minimum Gasteiger partial charge on any atom is -0.303 e. The van der Waals surface area contributed by atoms with Gasteiger partial charge >= 0.3 is 0 Å². The molecule has 0 aromatic carbocycles. The first-order valence-electron chi connectivity index (χ1n) is 9.07. The highest BCUT2D eigenvalue weighted by molar-refractivity contribution is 4.93. The lowest BCUT2D eigenvalue weighted by atomic mass is 10.1. The number of rotatable bonds is 13. The van der Waals surface area contributed by atoms with E-state index in [4.69, 9.17) is 0 Å². The second-order valence-electron chi connectivity index (χ2n) is 6.85. The lowest BCUT2D eigenvalue weighted by Crippen LogP contribution is -2.39. The Morgan fingerprint density at radius 2 is 1.52 bits per heavy atom. The van der Waals surface area contributed by atoms with E-state index in [1.807, 2.05) is 0 Å². The summed E-state index contributed by atoms with van der Waals surface area (Å²) in [6.07, 6.45) is 4.77. The number of nitrogens with zero attached hydrogens (tertiary/aromatic N) is 2. The molecular weight excluding hydrogens is 256 g/mol. The van der Waals surface area contributed by atoms with Gasteiger partial charge in [-0.05, 0) is 58.5 Å². The van der Waals surface area contributed by atoms with Crippen LogP contribution in [0.5, 0.6) is 0 Å². The van der Waals surface area contributed by atoms with Crippen LogP contribution >= 0.6 is 0 Å². The molecule has 0 saturated heterocycles. The zero-order valence-corrected chi connectivity index (χ0v) is 15.6. The molecule has 0 rings (SSSR count). The van der Waals surface area contributed by atoms with Crippen LogP contribution in [0.4, 0.5) is 0 Å². The minimum atomic E-state index is 0.659. The van der Waals surface area contributed by atoms with Crippen LogP contribution in [0.15, 0.2) is 12.2 Å². The predicted octanol–water partition coefficient (Wildman–Crippen LogP) is 4.81. The molecule has 0 saturated carbocycles. The van der Waals surface area contributed by atoms with Gasteiger partial charge in [0.25, 0.3) is 0 Å². The van der Waals surface area contributed by atoms with Crippen molar-refractivity contribution in [2.75, 3.05) is 32.7 Å². The van der Waals surface area contributed by atoms with Gasteiger partial charge in [0.15, 0.2) is 0 Å². The summed E-state index contributed by atoms with van der Waals surface area (Å²) in [6, 6.07) is 0.659. The van der Waals surface area contributed by atoms with Gasteiger partial charge in [0.05, 0.1) is 0 Å². The smallest absolute Gasteiger partial charge is 0.00387 e. The maximum absolute atomic E-state index is 4.15. The average Bonchev–Trinajstić information content (AvgIpc) is 2.43. The Labute approximate surface area is 134 Å². The molecule has 0 aromatic rings. The highest BCUT2D eigenvalue weighted by atomic mass is 15.2. The van der Waals surface area contributed by atoms with Gasteiger partial charge in [-0.3, -0.25) is 0 Å². The van der Waals surface area contributed by atoms with E-state index in [0.717, 1.165) is 18.8 Å². The first-order valence-corrected chi connectivity index (χ1v) is 9.07. The van der Waals surface area contributed by atoms with Crippen LogP contribution < -0.4 is 0 Å². The van der Waals surface area contributed by atoms with Crippen molar-refractivity contribution in [3.8, 4) is 0 Å². The molecule has 2 nitrogen and oxygen atoms in total. The monoisotopic (exact) mass is 296 g/mol. The summed E-state index contributed by atoms with van der Waals surface area (Å²) < 4.78 is 0. The highest BCUT2D eigenvalue weighted by Crippen LogP contribution is 2.10. The maximum Gasteiger partial charge on any atom is 0.00387 e. The van der Waals surface area contributed by atoms with Crippen molar-refractivity contribution in [2.24, 2.45) is 5.92 Å². The molecule has 1 atom stereocenters. The van der Waals surface area contributed by atoms with Gasteiger partial charge in [0.2, 0.25) is 0 Å². The maximum atomic E-state index is 4.15. The number of hydrogen-bond donors (Lipinski definition) is 0. The molecular formula is C19H40N2.